The second kappa shape index (κ2) is 5.63. The number of aryl methyl sites for hydroxylation is 1. The second-order valence-corrected chi connectivity index (χ2v) is 4.75. The summed E-state index contributed by atoms with van der Waals surface area (Å²) < 4.78 is 0. The van der Waals surface area contributed by atoms with Crippen LogP contribution in [-0.4, -0.2) is 15.1 Å². The minimum absolute atomic E-state index is 0.0688. The topological polar surface area (TPSA) is 69.8 Å². The standard InChI is InChI=1S/C13H11N3OS/c1-9-6-15-13(16-7-9)18-12-3-2-10(8-17)4-11(12)5-14/h2-4,6-7,17H,8H2,1H3. The molecule has 1 heterocycles. The smallest absolute Gasteiger partial charge is 0.192 e. The van der Waals surface area contributed by atoms with Gasteiger partial charge in [-0.15, -0.1) is 0 Å². The van der Waals surface area contributed by atoms with Crippen LogP contribution >= 0.6 is 11.8 Å². The molecule has 5 heteroatoms. The van der Waals surface area contributed by atoms with Crippen LogP contribution in [-0.2, 0) is 6.61 Å². The van der Waals surface area contributed by atoms with Crippen LogP contribution in [0.15, 0.2) is 40.6 Å². The number of hydrogen-bond donors (Lipinski definition) is 1. The molecule has 0 bridgehead atoms. The van der Waals surface area contributed by atoms with Crippen LogP contribution in [0.4, 0.5) is 0 Å². The minimum Gasteiger partial charge on any atom is -0.392 e. The first-order chi connectivity index (χ1) is 8.72. The number of hydrogen-bond acceptors (Lipinski definition) is 5. The van der Waals surface area contributed by atoms with Crippen molar-refractivity contribution >= 4 is 11.8 Å². The Kier molecular flexibility index (Phi) is 3.92. The van der Waals surface area contributed by atoms with Crippen molar-refractivity contribution in [2.45, 2.75) is 23.6 Å². The molecule has 0 spiro atoms. The van der Waals surface area contributed by atoms with Gasteiger partial charge in [0.2, 0.25) is 0 Å². The first-order valence-electron chi connectivity index (χ1n) is 5.33. The number of aliphatic hydroxyl groups excluding tert-OH is 1. The Balaban J connectivity index is 2.29. The molecule has 0 atom stereocenters. The lowest BCUT2D eigenvalue weighted by Gasteiger charge is -2.04. The van der Waals surface area contributed by atoms with E-state index in [4.69, 9.17) is 10.4 Å². The van der Waals surface area contributed by atoms with Gasteiger partial charge >= 0.3 is 0 Å². The van der Waals surface area contributed by atoms with Crippen LogP contribution < -0.4 is 0 Å². The van der Waals surface area contributed by atoms with E-state index in [-0.39, 0.29) is 6.61 Å². The number of nitriles is 1. The number of rotatable bonds is 3. The maximum Gasteiger partial charge on any atom is 0.192 e. The Hall–Kier alpha value is -1.90. The Morgan fingerprint density at radius 3 is 2.67 bits per heavy atom. The van der Waals surface area contributed by atoms with Crippen molar-refractivity contribution in [3.63, 3.8) is 0 Å². The number of aliphatic hydroxyl groups is 1. The average Bonchev–Trinajstić information content (AvgIpc) is 2.41. The zero-order chi connectivity index (χ0) is 13.0. The molecule has 1 aromatic heterocycles. The summed E-state index contributed by atoms with van der Waals surface area (Å²) in [6.45, 7) is 1.85. The summed E-state index contributed by atoms with van der Waals surface area (Å²) in [5.74, 6) is 0. The van der Waals surface area contributed by atoms with Crippen LogP contribution in [0, 0.1) is 18.3 Å². The zero-order valence-electron chi connectivity index (χ0n) is 9.79. The normalized spacial score (nSPS) is 10.1. The minimum atomic E-state index is -0.0688. The number of benzene rings is 1. The fourth-order valence-electron chi connectivity index (χ4n) is 1.38. The van der Waals surface area contributed by atoms with Gasteiger partial charge in [-0.2, -0.15) is 5.26 Å². The lowest BCUT2D eigenvalue weighted by atomic mass is 10.1. The van der Waals surface area contributed by atoms with E-state index in [9.17, 15) is 0 Å². The quantitative estimate of drug-likeness (QED) is 0.854. The predicted molar refractivity (Wildman–Crippen MR) is 68.0 cm³/mol. The van der Waals surface area contributed by atoms with Crippen molar-refractivity contribution < 1.29 is 5.11 Å². The van der Waals surface area contributed by atoms with Crippen molar-refractivity contribution in [1.29, 1.82) is 5.26 Å². The highest BCUT2D eigenvalue weighted by atomic mass is 32.2. The zero-order valence-corrected chi connectivity index (χ0v) is 10.6. The SMILES string of the molecule is Cc1cnc(Sc2ccc(CO)cc2C#N)nc1. The average molecular weight is 257 g/mol. The molecular weight excluding hydrogens is 246 g/mol. The van der Waals surface area contributed by atoms with Crippen LogP contribution in [0.1, 0.15) is 16.7 Å². The third kappa shape index (κ3) is 2.86. The van der Waals surface area contributed by atoms with Gasteiger partial charge in [-0.1, -0.05) is 6.07 Å². The highest BCUT2D eigenvalue weighted by molar-refractivity contribution is 7.99. The first kappa shape index (κ1) is 12.6. The predicted octanol–water partition coefficient (Wildman–Crippen LogP) is 2.30. The van der Waals surface area contributed by atoms with Crippen LogP contribution in [0.3, 0.4) is 0 Å². The van der Waals surface area contributed by atoms with Gasteiger partial charge in [0, 0.05) is 17.3 Å². The van der Waals surface area contributed by atoms with Crippen molar-refractivity contribution in [3.8, 4) is 6.07 Å². The van der Waals surface area contributed by atoms with Gasteiger partial charge in [-0.25, -0.2) is 9.97 Å². The van der Waals surface area contributed by atoms with Gasteiger partial charge in [0.25, 0.3) is 0 Å². The highest BCUT2D eigenvalue weighted by Gasteiger charge is 2.07. The molecule has 0 radical (unpaired) electrons. The molecule has 0 fully saturated rings. The summed E-state index contributed by atoms with van der Waals surface area (Å²) in [5.41, 5.74) is 2.24. The van der Waals surface area contributed by atoms with Crippen LogP contribution in [0.25, 0.3) is 0 Å². The summed E-state index contributed by atoms with van der Waals surface area (Å²) in [7, 11) is 0. The van der Waals surface area contributed by atoms with E-state index >= 15 is 0 Å². The molecule has 0 aliphatic carbocycles. The molecule has 0 amide bonds. The summed E-state index contributed by atoms with van der Waals surface area (Å²) in [5, 5.41) is 18.7. The lowest BCUT2D eigenvalue weighted by molar-refractivity contribution is 0.281. The molecule has 0 saturated carbocycles. The van der Waals surface area contributed by atoms with Gasteiger partial charge in [-0.05, 0) is 41.9 Å². The van der Waals surface area contributed by atoms with E-state index in [0.29, 0.717) is 10.7 Å². The Morgan fingerprint density at radius 1 is 1.33 bits per heavy atom. The molecule has 0 saturated heterocycles. The van der Waals surface area contributed by atoms with E-state index in [2.05, 4.69) is 16.0 Å². The summed E-state index contributed by atoms with van der Waals surface area (Å²) >= 11 is 1.34. The maximum atomic E-state index is 9.07. The van der Waals surface area contributed by atoms with Crippen LogP contribution in [0.2, 0.25) is 0 Å². The summed E-state index contributed by atoms with van der Waals surface area (Å²) in [6, 6.07) is 7.38. The van der Waals surface area contributed by atoms with Gasteiger partial charge in [0.15, 0.2) is 5.16 Å². The van der Waals surface area contributed by atoms with Crippen molar-refractivity contribution in [1.82, 2.24) is 9.97 Å². The monoisotopic (exact) mass is 257 g/mol. The molecular formula is C13H11N3OS. The first-order valence-corrected chi connectivity index (χ1v) is 6.15. The molecule has 0 unspecified atom stereocenters. The van der Waals surface area contributed by atoms with E-state index in [1.54, 1.807) is 30.6 Å². The molecule has 2 rings (SSSR count). The molecule has 1 aromatic carbocycles. The second-order valence-electron chi connectivity index (χ2n) is 3.75. The summed E-state index contributed by atoms with van der Waals surface area (Å²) in [6.07, 6.45) is 3.48. The Morgan fingerprint density at radius 2 is 2.06 bits per heavy atom. The molecule has 0 aliphatic rings. The molecule has 90 valence electrons. The fraction of sp³-hybridized carbons (Fsp3) is 0.154. The maximum absolute atomic E-state index is 9.07. The van der Waals surface area contributed by atoms with E-state index in [1.165, 1.54) is 11.8 Å². The number of nitrogens with zero attached hydrogens (tertiary/aromatic N) is 3. The Bertz CT molecular complexity index is 590. The van der Waals surface area contributed by atoms with Gasteiger partial charge in [-0.3, -0.25) is 0 Å². The third-order valence-electron chi connectivity index (χ3n) is 2.31. The summed E-state index contributed by atoms with van der Waals surface area (Å²) in [4.78, 5) is 9.16. The largest absolute Gasteiger partial charge is 0.392 e. The third-order valence-corrected chi connectivity index (χ3v) is 3.27. The lowest BCUT2D eigenvalue weighted by Crippen LogP contribution is -1.90. The molecule has 0 aliphatic heterocycles. The molecule has 2 aromatic rings. The molecule has 4 nitrogen and oxygen atoms in total. The van der Waals surface area contributed by atoms with Gasteiger partial charge < -0.3 is 5.11 Å². The van der Waals surface area contributed by atoms with Gasteiger partial charge in [0.1, 0.15) is 6.07 Å². The van der Waals surface area contributed by atoms with Gasteiger partial charge in [0.05, 0.1) is 12.2 Å². The fourth-order valence-corrected chi connectivity index (χ4v) is 2.14. The van der Waals surface area contributed by atoms with Crippen molar-refractivity contribution in [2.75, 3.05) is 0 Å². The van der Waals surface area contributed by atoms with E-state index < -0.39 is 0 Å². The van der Waals surface area contributed by atoms with Crippen molar-refractivity contribution in [3.05, 3.63) is 47.3 Å². The number of aromatic nitrogens is 2. The van der Waals surface area contributed by atoms with Crippen LogP contribution in [0.5, 0.6) is 0 Å². The molecule has 1 N–H and O–H groups in total. The van der Waals surface area contributed by atoms with E-state index in [0.717, 1.165) is 16.0 Å². The molecule has 18 heavy (non-hydrogen) atoms. The van der Waals surface area contributed by atoms with Crippen molar-refractivity contribution in [2.24, 2.45) is 0 Å². The highest BCUT2D eigenvalue weighted by Crippen LogP contribution is 2.28. The van der Waals surface area contributed by atoms with E-state index in [1.807, 2.05) is 6.92 Å². The Labute approximate surface area is 109 Å².